The number of aliphatic carboxylic acids is 1. The summed E-state index contributed by atoms with van der Waals surface area (Å²) in [4.78, 5) is 29.9. The zero-order valence-electron chi connectivity index (χ0n) is 15.3. The van der Waals surface area contributed by atoms with Crippen molar-refractivity contribution in [3.63, 3.8) is 0 Å². The van der Waals surface area contributed by atoms with Crippen molar-refractivity contribution < 1.29 is 14.7 Å². The van der Waals surface area contributed by atoms with Crippen LogP contribution in [0.2, 0.25) is 0 Å². The molecule has 7 nitrogen and oxygen atoms in total. The number of carbonyl (C=O) groups excluding carboxylic acids is 1. The number of hydrogen-bond acceptors (Lipinski definition) is 4. The van der Waals surface area contributed by atoms with Crippen LogP contribution in [0.1, 0.15) is 34.9 Å². The molecule has 7 heteroatoms. The van der Waals surface area contributed by atoms with Crippen molar-refractivity contribution in [3.05, 3.63) is 47.0 Å². The number of rotatable bonds is 5. The molecule has 1 saturated heterocycles. The van der Waals surface area contributed by atoms with Crippen LogP contribution in [0.15, 0.2) is 24.5 Å². The Balaban J connectivity index is 1.68. The number of aryl methyl sites for hydroxylation is 2. The van der Waals surface area contributed by atoms with Crippen LogP contribution in [0.25, 0.3) is 0 Å². The van der Waals surface area contributed by atoms with Gasteiger partial charge in [-0.15, -0.1) is 0 Å². The van der Waals surface area contributed by atoms with Gasteiger partial charge in [0.15, 0.2) is 0 Å². The van der Waals surface area contributed by atoms with Gasteiger partial charge in [0.1, 0.15) is 0 Å². The number of likely N-dealkylation sites (tertiary alicyclic amines) is 1. The lowest BCUT2D eigenvalue weighted by Gasteiger charge is -2.17. The van der Waals surface area contributed by atoms with E-state index in [2.05, 4.69) is 10.1 Å². The Morgan fingerprint density at radius 2 is 1.88 bits per heavy atom. The lowest BCUT2D eigenvalue weighted by molar-refractivity contribution is -0.141. The fraction of sp³-hybridized carbons (Fsp3) is 0.474. The molecule has 0 saturated carbocycles. The number of hydrogen-bond donors (Lipinski definition) is 1. The Kier molecular flexibility index (Phi) is 5.06. The molecule has 1 amide bonds. The normalized spacial score (nSPS) is 19.7. The molecular formula is C19H24N4O3. The first-order valence-corrected chi connectivity index (χ1v) is 8.79. The van der Waals surface area contributed by atoms with Crippen molar-refractivity contribution in [2.45, 2.75) is 39.7 Å². The van der Waals surface area contributed by atoms with Crippen molar-refractivity contribution in [1.29, 1.82) is 0 Å². The number of nitrogens with zero attached hydrogens (tertiary/aromatic N) is 4. The summed E-state index contributed by atoms with van der Waals surface area (Å²) < 4.78 is 1.85. The fourth-order valence-electron chi connectivity index (χ4n) is 3.57. The van der Waals surface area contributed by atoms with Crippen LogP contribution in [0.5, 0.6) is 0 Å². The molecular weight excluding hydrogens is 332 g/mol. The van der Waals surface area contributed by atoms with E-state index in [0.29, 0.717) is 19.5 Å². The molecule has 1 N–H and O–H groups in total. The molecule has 0 spiro atoms. The van der Waals surface area contributed by atoms with Gasteiger partial charge in [0.2, 0.25) is 5.91 Å². The second-order valence-electron chi connectivity index (χ2n) is 6.90. The van der Waals surface area contributed by atoms with Crippen LogP contribution in [0.4, 0.5) is 0 Å². The molecule has 0 unspecified atom stereocenters. The van der Waals surface area contributed by atoms with Gasteiger partial charge in [-0.1, -0.05) is 0 Å². The Labute approximate surface area is 152 Å². The average Bonchev–Trinajstić information content (AvgIpc) is 3.18. The summed E-state index contributed by atoms with van der Waals surface area (Å²) in [7, 11) is 0. The summed E-state index contributed by atoms with van der Waals surface area (Å²) >= 11 is 0. The van der Waals surface area contributed by atoms with Crippen LogP contribution < -0.4 is 0 Å². The predicted molar refractivity (Wildman–Crippen MR) is 95.7 cm³/mol. The highest BCUT2D eigenvalue weighted by Crippen LogP contribution is 2.33. The molecule has 3 heterocycles. The van der Waals surface area contributed by atoms with Gasteiger partial charge in [-0.25, -0.2) is 0 Å². The van der Waals surface area contributed by atoms with Crippen molar-refractivity contribution >= 4 is 11.9 Å². The molecule has 0 bridgehead atoms. The maximum absolute atomic E-state index is 12.6. The van der Waals surface area contributed by atoms with E-state index in [1.165, 1.54) is 0 Å². The molecule has 26 heavy (non-hydrogen) atoms. The third-order valence-corrected chi connectivity index (χ3v) is 5.40. The Hall–Kier alpha value is -2.70. The molecule has 0 aliphatic carbocycles. The van der Waals surface area contributed by atoms with Gasteiger partial charge in [-0.05, 0) is 44.0 Å². The maximum Gasteiger partial charge on any atom is 0.308 e. The van der Waals surface area contributed by atoms with E-state index in [1.807, 2.05) is 37.6 Å². The minimum atomic E-state index is -0.865. The molecule has 0 radical (unpaired) electrons. The summed E-state index contributed by atoms with van der Waals surface area (Å²) in [6.45, 7) is 7.15. The molecule has 0 aromatic carbocycles. The summed E-state index contributed by atoms with van der Waals surface area (Å²) in [5, 5.41) is 14.0. The molecule has 2 aromatic rings. The first-order chi connectivity index (χ1) is 12.4. The van der Waals surface area contributed by atoms with E-state index < -0.39 is 11.9 Å². The van der Waals surface area contributed by atoms with E-state index in [1.54, 1.807) is 17.3 Å². The van der Waals surface area contributed by atoms with Crippen molar-refractivity contribution in [2.24, 2.45) is 5.92 Å². The van der Waals surface area contributed by atoms with Gasteiger partial charge in [-0.3, -0.25) is 19.3 Å². The molecule has 138 valence electrons. The predicted octanol–water partition coefficient (Wildman–Crippen LogP) is 1.92. The van der Waals surface area contributed by atoms with E-state index in [0.717, 1.165) is 22.5 Å². The number of carboxylic acid groups (broad SMARTS) is 1. The van der Waals surface area contributed by atoms with Crippen LogP contribution in [0, 0.1) is 26.7 Å². The number of pyridine rings is 1. The van der Waals surface area contributed by atoms with Crippen LogP contribution in [-0.4, -0.2) is 49.7 Å². The smallest absolute Gasteiger partial charge is 0.308 e. The summed E-state index contributed by atoms with van der Waals surface area (Å²) in [6.07, 6.45) is 3.63. The minimum absolute atomic E-state index is 0.0296. The molecule has 2 atom stereocenters. The SMILES string of the molecule is Cc1nn(CCC(=O)N2C[C@@H](C(=O)O)[C@H](c3ccncc3)C2)c(C)c1C. The Morgan fingerprint density at radius 3 is 2.46 bits per heavy atom. The number of amides is 1. The third-order valence-electron chi connectivity index (χ3n) is 5.40. The quantitative estimate of drug-likeness (QED) is 0.884. The van der Waals surface area contributed by atoms with Crippen molar-refractivity contribution in [2.75, 3.05) is 13.1 Å². The van der Waals surface area contributed by atoms with E-state index in [4.69, 9.17) is 0 Å². The highest BCUT2D eigenvalue weighted by atomic mass is 16.4. The molecule has 1 fully saturated rings. The fourth-order valence-corrected chi connectivity index (χ4v) is 3.57. The Bertz CT molecular complexity index is 816. The van der Waals surface area contributed by atoms with Gasteiger partial charge in [0.25, 0.3) is 0 Å². The molecule has 3 rings (SSSR count). The van der Waals surface area contributed by atoms with E-state index in [9.17, 15) is 14.7 Å². The molecule has 2 aromatic heterocycles. The Morgan fingerprint density at radius 1 is 1.19 bits per heavy atom. The first-order valence-electron chi connectivity index (χ1n) is 8.79. The standard InChI is InChI=1S/C19H24N4O3/c1-12-13(2)21-23(14(12)3)9-6-18(24)22-10-16(17(11-22)19(25)26)15-4-7-20-8-5-15/h4-5,7-8,16-17H,6,9-11H2,1-3H3,(H,25,26)/t16-,17+/m0/s1. The third kappa shape index (κ3) is 3.47. The average molecular weight is 356 g/mol. The zero-order chi connectivity index (χ0) is 18.8. The number of carbonyl (C=O) groups is 2. The minimum Gasteiger partial charge on any atom is -0.481 e. The van der Waals surface area contributed by atoms with Crippen LogP contribution in [-0.2, 0) is 16.1 Å². The highest BCUT2D eigenvalue weighted by Gasteiger charge is 2.40. The maximum atomic E-state index is 12.6. The van der Waals surface area contributed by atoms with Crippen molar-refractivity contribution in [1.82, 2.24) is 19.7 Å². The van der Waals surface area contributed by atoms with Crippen LogP contribution in [0.3, 0.4) is 0 Å². The van der Waals surface area contributed by atoms with Gasteiger partial charge >= 0.3 is 5.97 Å². The van der Waals surface area contributed by atoms with Gasteiger partial charge in [-0.2, -0.15) is 5.10 Å². The first kappa shape index (κ1) is 18.1. The number of carboxylic acids is 1. The number of aromatic nitrogens is 3. The van der Waals surface area contributed by atoms with E-state index in [-0.39, 0.29) is 18.4 Å². The summed E-state index contributed by atoms with van der Waals surface area (Å²) in [5.74, 6) is -1.68. The van der Waals surface area contributed by atoms with E-state index >= 15 is 0 Å². The van der Waals surface area contributed by atoms with Crippen molar-refractivity contribution in [3.8, 4) is 0 Å². The van der Waals surface area contributed by atoms with Gasteiger partial charge in [0.05, 0.1) is 11.6 Å². The van der Waals surface area contributed by atoms with Gasteiger partial charge < -0.3 is 10.0 Å². The lowest BCUT2D eigenvalue weighted by atomic mass is 9.90. The zero-order valence-corrected chi connectivity index (χ0v) is 15.3. The largest absolute Gasteiger partial charge is 0.481 e. The van der Waals surface area contributed by atoms with Gasteiger partial charge in [0, 0.05) is 50.1 Å². The monoisotopic (exact) mass is 356 g/mol. The lowest BCUT2D eigenvalue weighted by Crippen LogP contribution is -2.30. The van der Waals surface area contributed by atoms with Crippen LogP contribution >= 0.6 is 0 Å². The molecule has 1 aliphatic rings. The summed E-state index contributed by atoms with van der Waals surface area (Å²) in [6, 6.07) is 3.65. The summed E-state index contributed by atoms with van der Waals surface area (Å²) in [5.41, 5.74) is 4.09. The topological polar surface area (TPSA) is 88.3 Å². The highest BCUT2D eigenvalue weighted by molar-refractivity contribution is 5.79. The second kappa shape index (κ2) is 7.27. The second-order valence-corrected chi connectivity index (χ2v) is 6.90. The molecule has 1 aliphatic heterocycles.